The fourth-order valence-corrected chi connectivity index (χ4v) is 3.85. The monoisotopic (exact) mass is 504 g/mol. The van der Waals surface area contributed by atoms with Gasteiger partial charge in [0.1, 0.15) is 11.5 Å². The Morgan fingerprint density at radius 1 is 1.09 bits per heavy atom. The van der Waals surface area contributed by atoms with Crippen molar-refractivity contribution in [1.82, 2.24) is 15.1 Å². The summed E-state index contributed by atoms with van der Waals surface area (Å²) in [5, 5.41) is 7.65. The highest BCUT2D eigenvalue weighted by Gasteiger charge is 2.30. The van der Waals surface area contributed by atoms with Gasteiger partial charge in [0, 0.05) is 22.5 Å². The summed E-state index contributed by atoms with van der Waals surface area (Å²) in [6, 6.07) is 13.1. The number of alkyl halides is 3. The second kappa shape index (κ2) is 9.86. The molecule has 34 heavy (non-hydrogen) atoms. The van der Waals surface area contributed by atoms with E-state index in [1.54, 1.807) is 31.3 Å². The third kappa shape index (κ3) is 5.57. The summed E-state index contributed by atoms with van der Waals surface area (Å²) in [7, 11) is 0. The summed E-state index contributed by atoms with van der Waals surface area (Å²) in [6.45, 7) is 1.77. The van der Waals surface area contributed by atoms with E-state index in [1.165, 1.54) is 12.1 Å². The molecule has 4 aromatic rings. The number of anilines is 1. The Labute approximate surface area is 201 Å². The minimum Gasteiger partial charge on any atom is -0.360 e. The van der Waals surface area contributed by atoms with Gasteiger partial charge in [0.25, 0.3) is 0 Å². The maximum absolute atomic E-state index is 12.7. The molecule has 1 amide bonds. The number of carbonyl (C=O) groups excluding carboxylic acids is 1. The molecule has 0 saturated carbocycles. The van der Waals surface area contributed by atoms with Crippen LogP contribution in [0.25, 0.3) is 22.5 Å². The molecule has 174 valence electrons. The van der Waals surface area contributed by atoms with Gasteiger partial charge < -0.3 is 9.84 Å². The predicted octanol–water partition coefficient (Wildman–Crippen LogP) is 6.51. The normalized spacial score (nSPS) is 11.4. The third-order valence-corrected chi connectivity index (χ3v) is 5.81. The number of hydrogen-bond acceptors (Lipinski definition) is 6. The molecule has 6 nitrogen and oxygen atoms in total. The standard InChI is InChI=1S/C23H16ClF3N4O2S/c1-13-20(21(31-33-13)14-2-6-16(24)7-3-14)18-10-11-28-22(30-18)34-12-19(32)29-17-8-4-15(5-9-17)23(25,26)27/h2-11H,12H2,1H3,(H,29,32). The van der Waals surface area contributed by atoms with Crippen LogP contribution in [0.4, 0.5) is 18.9 Å². The zero-order valence-electron chi connectivity index (χ0n) is 17.6. The highest BCUT2D eigenvalue weighted by molar-refractivity contribution is 7.99. The lowest BCUT2D eigenvalue weighted by Gasteiger charge is -2.09. The molecular weight excluding hydrogens is 489 g/mol. The van der Waals surface area contributed by atoms with Crippen molar-refractivity contribution in [2.24, 2.45) is 0 Å². The van der Waals surface area contributed by atoms with Crippen LogP contribution in [0.2, 0.25) is 5.02 Å². The number of rotatable bonds is 6. The van der Waals surface area contributed by atoms with Crippen molar-refractivity contribution < 1.29 is 22.5 Å². The van der Waals surface area contributed by atoms with Crippen molar-refractivity contribution in [3.63, 3.8) is 0 Å². The molecule has 0 unspecified atom stereocenters. The van der Waals surface area contributed by atoms with Crippen molar-refractivity contribution in [3.8, 4) is 22.5 Å². The van der Waals surface area contributed by atoms with Crippen LogP contribution in [0.15, 0.2) is 70.5 Å². The lowest BCUT2D eigenvalue weighted by atomic mass is 10.0. The van der Waals surface area contributed by atoms with E-state index in [9.17, 15) is 18.0 Å². The first kappa shape index (κ1) is 23.8. The van der Waals surface area contributed by atoms with Gasteiger partial charge in [0.2, 0.25) is 5.91 Å². The zero-order chi connectivity index (χ0) is 24.3. The highest BCUT2D eigenvalue weighted by atomic mass is 35.5. The molecule has 0 atom stereocenters. The topological polar surface area (TPSA) is 80.9 Å². The molecule has 0 spiro atoms. The number of halogens is 4. The van der Waals surface area contributed by atoms with E-state index in [0.717, 1.165) is 29.5 Å². The van der Waals surface area contributed by atoms with Crippen LogP contribution < -0.4 is 5.32 Å². The molecule has 11 heteroatoms. The maximum Gasteiger partial charge on any atom is 0.416 e. The highest BCUT2D eigenvalue weighted by Crippen LogP contribution is 2.34. The van der Waals surface area contributed by atoms with Gasteiger partial charge in [0.15, 0.2) is 5.16 Å². The molecule has 2 heterocycles. The molecule has 0 aliphatic rings. The van der Waals surface area contributed by atoms with Crippen molar-refractivity contribution in [2.45, 2.75) is 18.3 Å². The minimum absolute atomic E-state index is 0.0306. The molecule has 2 aromatic heterocycles. The number of nitrogens with one attached hydrogen (secondary N) is 1. The van der Waals surface area contributed by atoms with Crippen LogP contribution in [-0.2, 0) is 11.0 Å². The molecule has 0 bridgehead atoms. The minimum atomic E-state index is -4.43. The molecule has 0 aliphatic carbocycles. The Morgan fingerprint density at radius 3 is 2.47 bits per heavy atom. The van der Waals surface area contributed by atoms with Crippen LogP contribution in [0.1, 0.15) is 11.3 Å². The number of hydrogen-bond donors (Lipinski definition) is 1. The van der Waals surface area contributed by atoms with E-state index < -0.39 is 17.6 Å². The number of amides is 1. The largest absolute Gasteiger partial charge is 0.416 e. The quantitative estimate of drug-likeness (QED) is 0.238. The third-order valence-electron chi connectivity index (χ3n) is 4.70. The van der Waals surface area contributed by atoms with Gasteiger partial charge in [-0.2, -0.15) is 13.2 Å². The molecule has 2 aromatic carbocycles. The molecule has 4 rings (SSSR count). The first-order chi connectivity index (χ1) is 16.2. The number of aromatic nitrogens is 3. The Hall–Kier alpha value is -3.37. The summed E-state index contributed by atoms with van der Waals surface area (Å²) < 4.78 is 43.4. The van der Waals surface area contributed by atoms with Crippen LogP contribution >= 0.6 is 23.4 Å². The molecule has 0 saturated heterocycles. The van der Waals surface area contributed by atoms with Gasteiger partial charge in [-0.15, -0.1) is 0 Å². The van der Waals surface area contributed by atoms with Gasteiger partial charge >= 0.3 is 6.18 Å². The molecular formula is C23H16ClF3N4O2S. The number of nitrogens with zero attached hydrogens (tertiary/aromatic N) is 3. The number of aryl methyl sites for hydroxylation is 1. The van der Waals surface area contributed by atoms with E-state index in [0.29, 0.717) is 32.9 Å². The summed E-state index contributed by atoms with van der Waals surface area (Å²) in [5.74, 6) is 0.137. The van der Waals surface area contributed by atoms with E-state index in [4.69, 9.17) is 16.1 Å². The number of benzene rings is 2. The van der Waals surface area contributed by atoms with Gasteiger partial charge in [-0.25, -0.2) is 9.97 Å². The van der Waals surface area contributed by atoms with Crippen molar-refractivity contribution in [1.29, 1.82) is 0 Å². The first-order valence-electron chi connectivity index (χ1n) is 9.86. The fourth-order valence-electron chi connectivity index (χ4n) is 3.10. The zero-order valence-corrected chi connectivity index (χ0v) is 19.1. The summed E-state index contributed by atoms with van der Waals surface area (Å²) in [6.07, 6.45) is -2.87. The second-order valence-corrected chi connectivity index (χ2v) is 8.48. The van der Waals surface area contributed by atoms with Gasteiger partial charge in [0.05, 0.1) is 22.6 Å². The molecule has 0 radical (unpaired) electrons. The van der Waals surface area contributed by atoms with Crippen molar-refractivity contribution in [2.75, 3.05) is 11.1 Å². The molecule has 0 aliphatic heterocycles. The summed E-state index contributed by atoms with van der Waals surface area (Å²) >= 11 is 7.07. The van der Waals surface area contributed by atoms with Crippen LogP contribution in [-0.4, -0.2) is 26.8 Å². The van der Waals surface area contributed by atoms with E-state index in [-0.39, 0.29) is 11.4 Å². The molecule has 0 fully saturated rings. The van der Waals surface area contributed by atoms with Gasteiger partial charge in [-0.1, -0.05) is 40.7 Å². The van der Waals surface area contributed by atoms with Crippen LogP contribution in [0, 0.1) is 6.92 Å². The number of carbonyl (C=O) groups is 1. The first-order valence-corrected chi connectivity index (χ1v) is 11.2. The molecule has 1 N–H and O–H groups in total. The fraction of sp³-hybridized carbons (Fsp3) is 0.130. The summed E-state index contributed by atoms with van der Waals surface area (Å²) in [4.78, 5) is 21.0. The second-order valence-electron chi connectivity index (χ2n) is 7.11. The van der Waals surface area contributed by atoms with Crippen molar-refractivity contribution in [3.05, 3.63) is 77.1 Å². The van der Waals surface area contributed by atoms with Crippen molar-refractivity contribution >= 4 is 35.0 Å². The average Bonchev–Trinajstić information content (AvgIpc) is 3.19. The average molecular weight is 505 g/mol. The smallest absolute Gasteiger partial charge is 0.360 e. The van der Waals surface area contributed by atoms with E-state index in [2.05, 4.69) is 20.4 Å². The van der Waals surface area contributed by atoms with Crippen LogP contribution in [0.5, 0.6) is 0 Å². The van der Waals surface area contributed by atoms with E-state index >= 15 is 0 Å². The Balaban J connectivity index is 1.45. The van der Waals surface area contributed by atoms with Gasteiger partial charge in [-0.3, -0.25) is 4.79 Å². The maximum atomic E-state index is 12.7. The Bertz CT molecular complexity index is 1310. The van der Waals surface area contributed by atoms with E-state index in [1.807, 2.05) is 12.1 Å². The Morgan fingerprint density at radius 2 is 1.79 bits per heavy atom. The summed E-state index contributed by atoms with van der Waals surface area (Å²) in [5.41, 5.74) is 2.15. The lowest BCUT2D eigenvalue weighted by molar-refractivity contribution is -0.137. The van der Waals surface area contributed by atoms with Crippen LogP contribution in [0.3, 0.4) is 0 Å². The Kier molecular flexibility index (Phi) is 6.90. The SMILES string of the molecule is Cc1onc(-c2ccc(Cl)cc2)c1-c1ccnc(SCC(=O)Nc2ccc(C(F)(F)F)cc2)n1. The number of thioether (sulfide) groups is 1. The lowest BCUT2D eigenvalue weighted by Crippen LogP contribution is -2.14. The predicted molar refractivity (Wildman–Crippen MR) is 124 cm³/mol. The van der Waals surface area contributed by atoms with Gasteiger partial charge in [-0.05, 0) is 49.4 Å².